The Labute approximate surface area is 254 Å². The Hall–Kier alpha value is -4.67. The van der Waals surface area contributed by atoms with Gasteiger partial charge < -0.3 is 14.5 Å². The summed E-state index contributed by atoms with van der Waals surface area (Å²) in [5, 5.41) is 0.300. The van der Waals surface area contributed by atoms with E-state index in [0.29, 0.717) is 62.8 Å². The molecule has 0 saturated carbocycles. The summed E-state index contributed by atoms with van der Waals surface area (Å²) in [4.78, 5) is 43.0. The monoisotopic (exact) mass is 602 g/mol. The summed E-state index contributed by atoms with van der Waals surface area (Å²) in [7, 11) is 0. The molecule has 1 fully saturated rings. The molecule has 2 aliphatic heterocycles. The average Bonchev–Trinajstić information content (AvgIpc) is 3.02. The first-order valence-corrected chi connectivity index (χ1v) is 14.9. The zero-order valence-electron chi connectivity index (χ0n) is 25.1. The lowest BCUT2D eigenvalue weighted by molar-refractivity contribution is -0.126. The molecular weight excluding hydrogens is 566 g/mol. The van der Waals surface area contributed by atoms with Gasteiger partial charge in [-0.05, 0) is 75.2 Å². The minimum atomic E-state index is -0.777. The van der Waals surface area contributed by atoms with Crippen molar-refractivity contribution in [3.8, 4) is 17.0 Å². The molecule has 2 aliphatic rings. The number of carbonyl (C=O) groups excluding carboxylic acids is 1. The Balaban J connectivity index is 1.84. The number of piperazine rings is 1. The number of halogens is 2. The van der Waals surface area contributed by atoms with Crippen LogP contribution in [0.3, 0.4) is 0 Å². The van der Waals surface area contributed by atoms with Gasteiger partial charge in [0.2, 0.25) is 5.91 Å². The first-order valence-electron chi connectivity index (χ1n) is 14.9. The highest BCUT2D eigenvalue weighted by Crippen LogP contribution is 2.37. The predicted octanol–water partition coefficient (Wildman–Crippen LogP) is 5.75. The summed E-state index contributed by atoms with van der Waals surface area (Å²) in [5.41, 5.74) is 0.709. The van der Waals surface area contributed by atoms with Crippen molar-refractivity contribution in [1.82, 2.24) is 19.4 Å². The Morgan fingerprint density at radius 3 is 2.75 bits per heavy atom. The molecule has 0 N–H and O–H groups in total. The van der Waals surface area contributed by atoms with Crippen LogP contribution in [0.5, 0.6) is 5.75 Å². The largest absolute Gasteiger partial charge is 0.493 e. The number of aromatic nitrogens is 3. The summed E-state index contributed by atoms with van der Waals surface area (Å²) in [5.74, 6) is -1.22. The van der Waals surface area contributed by atoms with E-state index in [1.165, 1.54) is 28.8 Å². The van der Waals surface area contributed by atoms with Gasteiger partial charge in [-0.15, -0.1) is 0 Å². The lowest BCUT2D eigenvalue weighted by atomic mass is 10.0. The van der Waals surface area contributed by atoms with Gasteiger partial charge >= 0.3 is 5.69 Å². The molecule has 3 aromatic rings. The van der Waals surface area contributed by atoms with E-state index in [9.17, 15) is 9.59 Å². The van der Waals surface area contributed by atoms with Crippen molar-refractivity contribution in [2.45, 2.75) is 52.0 Å². The smallest absolute Gasteiger partial charge is 0.355 e. The van der Waals surface area contributed by atoms with Crippen molar-refractivity contribution >= 4 is 35.2 Å². The quantitative estimate of drug-likeness (QED) is 0.264. The third-order valence-corrected chi connectivity index (χ3v) is 8.01. The number of ether oxygens (including phenoxy) is 1. The normalized spacial score (nSPS) is 19.2. The van der Waals surface area contributed by atoms with Crippen molar-refractivity contribution in [2.75, 3.05) is 31.1 Å². The highest BCUT2D eigenvalue weighted by Gasteiger charge is 2.31. The second-order valence-electron chi connectivity index (χ2n) is 10.9. The molecule has 1 atom stereocenters. The molecule has 44 heavy (non-hydrogen) atoms. The second kappa shape index (κ2) is 13.3. The van der Waals surface area contributed by atoms with Crippen LogP contribution < -0.4 is 15.3 Å². The van der Waals surface area contributed by atoms with Gasteiger partial charge in [0.05, 0.1) is 17.6 Å². The molecular formula is C33H36F2N6O3. The maximum Gasteiger partial charge on any atom is 0.355 e. The molecule has 0 unspecified atom stereocenters. The highest BCUT2D eigenvalue weighted by molar-refractivity contribution is 5.92. The van der Waals surface area contributed by atoms with Gasteiger partial charge in [0.15, 0.2) is 11.5 Å². The number of aliphatic imine (C=N–C) groups is 1. The number of hydrogen-bond donors (Lipinski definition) is 0. The van der Waals surface area contributed by atoms with Crippen LogP contribution in [-0.2, 0) is 4.79 Å². The van der Waals surface area contributed by atoms with E-state index in [4.69, 9.17) is 9.72 Å². The number of carbonyl (C=O) groups is 1. The zero-order chi connectivity index (χ0) is 31.4. The van der Waals surface area contributed by atoms with Crippen LogP contribution in [0.25, 0.3) is 28.0 Å². The molecule has 4 heterocycles. The van der Waals surface area contributed by atoms with Crippen molar-refractivity contribution < 1.29 is 18.3 Å². The number of anilines is 1. The number of nitrogens with zero attached hydrogens (tertiary/aromatic N) is 6. The fraction of sp³-hybridized carbons (Fsp3) is 0.364. The number of hydrogen-bond acceptors (Lipinski definition) is 7. The molecule has 9 nitrogen and oxygen atoms in total. The van der Waals surface area contributed by atoms with Gasteiger partial charge in [0, 0.05) is 37.6 Å². The van der Waals surface area contributed by atoms with Crippen molar-refractivity contribution in [2.24, 2.45) is 4.99 Å². The summed E-state index contributed by atoms with van der Waals surface area (Å²) >= 11 is 0. The predicted molar refractivity (Wildman–Crippen MR) is 169 cm³/mol. The Kier molecular flexibility index (Phi) is 9.32. The summed E-state index contributed by atoms with van der Waals surface area (Å²) in [6, 6.07) is 5.35. The summed E-state index contributed by atoms with van der Waals surface area (Å²) in [6.45, 7) is 12.4. The van der Waals surface area contributed by atoms with Gasteiger partial charge in [-0.3, -0.25) is 9.79 Å². The van der Waals surface area contributed by atoms with Crippen molar-refractivity contribution in [3.63, 3.8) is 0 Å². The van der Waals surface area contributed by atoms with Crippen LogP contribution in [0, 0.1) is 11.6 Å². The average molecular weight is 603 g/mol. The lowest BCUT2D eigenvalue weighted by Crippen LogP contribution is -2.54. The fourth-order valence-corrected chi connectivity index (χ4v) is 5.92. The zero-order valence-corrected chi connectivity index (χ0v) is 25.1. The van der Waals surface area contributed by atoms with Crippen LogP contribution in [0.1, 0.15) is 46.0 Å². The van der Waals surface area contributed by atoms with Gasteiger partial charge in [0.1, 0.15) is 23.1 Å². The number of allylic oxidation sites excluding steroid dienone is 3. The van der Waals surface area contributed by atoms with Gasteiger partial charge in [-0.2, -0.15) is 4.98 Å². The van der Waals surface area contributed by atoms with Gasteiger partial charge in [-0.25, -0.2) is 23.1 Å². The molecule has 0 aliphatic carbocycles. The third kappa shape index (κ3) is 5.91. The van der Waals surface area contributed by atoms with E-state index in [0.717, 1.165) is 5.57 Å². The minimum absolute atomic E-state index is 0.106. The molecule has 1 aromatic carbocycles. The van der Waals surface area contributed by atoms with Crippen LogP contribution in [-0.4, -0.2) is 64.3 Å². The standard InChI is InChI=1S/C33H36F2N6O3/c1-5-10-26-22(14-15-36-4)11-7-8-18-44-27-13-9-12-24(34)29(27)30-25(35)19-23-31(38-33(43)41(26)32(23)37-30)40-17-16-39(20-21(40)3)28(42)6-2/h6,9,12-15,19,21H,2,4-5,7-8,10-11,16-18,20H2,1,3H3/b15-14-,26-22+/t21-/m0/s1. The number of fused-ring (bicyclic) bond motifs is 3. The molecule has 1 saturated heterocycles. The maximum atomic E-state index is 16.1. The number of amides is 1. The van der Waals surface area contributed by atoms with E-state index >= 15 is 8.78 Å². The summed E-state index contributed by atoms with van der Waals surface area (Å²) in [6.07, 6.45) is 7.82. The van der Waals surface area contributed by atoms with Crippen LogP contribution in [0.2, 0.25) is 0 Å². The third-order valence-electron chi connectivity index (χ3n) is 8.01. The number of benzene rings is 1. The van der Waals surface area contributed by atoms with Gasteiger partial charge in [-0.1, -0.05) is 26.0 Å². The first kappa shape index (κ1) is 30.8. The minimum Gasteiger partial charge on any atom is -0.493 e. The Bertz CT molecular complexity index is 1730. The van der Waals surface area contributed by atoms with Gasteiger partial charge in [0.25, 0.3) is 0 Å². The van der Waals surface area contributed by atoms with Crippen LogP contribution in [0.15, 0.2) is 64.6 Å². The highest BCUT2D eigenvalue weighted by atomic mass is 19.1. The van der Waals surface area contributed by atoms with Crippen LogP contribution in [0.4, 0.5) is 14.6 Å². The summed E-state index contributed by atoms with van der Waals surface area (Å²) < 4.78 is 38.9. The van der Waals surface area contributed by atoms with E-state index in [1.807, 2.05) is 24.8 Å². The van der Waals surface area contributed by atoms with E-state index in [2.05, 4.69) is 23.3 Å². The fourth-order valence-electron chi connectivity index (χ4n) is 5.92. The molecule has 1 amide bonds. The van der Waals surface area contributed by atoms with Crippen molar-refractivity contribution in [1.29, 1.82) is 0 Å². The molecule has 2 bridgehead atoms. The topological polar surface area (TPSA) is 92.9 Å². The molecule has 11 heteroatoms. The Morgan fingerprint density at radius 1 is 1.20 bits per heavy atom. The molecule has 0 spiro atoms. The first-order chi connectivity index (χ1) is 21.3. The van der Waals surface area contributed by atoms with E-state index < -0.39 is 17.3 Å². The molecule has 230 valence electrons. The number of rotatable bonds is 6. The molecule has 2 aromatic heterocycles. The van der Waals surface area contributed by atoms with E-state index in [-0.39, 0.29) is 47.0 Å². The van der Waals surface area contributed by atoms with Crippen LogP contribution >= 0.6 is 0 Å². The number of pyridine rings is 1. The molecule has 5 rings (SSSR count). The van der Waals surface area contributed by atoms with E-state index in [1.54, 1.807) is 17.2 Å². The second-order valence-corrected chi connectivity index (χ2v) is 10.9. The maximum absolute atomic E-state index is 16.1. The Morgan fingerprint density at radius 2 is 2.02 bits per heavy atom. The lowest BCUT2D eigenvalue weighted by Gasteiger charge is -2.40. The SMILES string of the molecule is C=CC(=O)N1CCN(c2nc(=O)n3c4nc(c(F)cc24)-c2c(F)cccc2OCCCCC(/C=C\N=C)=C\3CCC)[C@@H](C)C1. The van der Waals surface area contributed by atoms with Crippen molar-refractivity contribution in [3.05, 3.63) is 76.9 Å². The molecule has 0 radical (unpaired) electrons.